The Morgan fingerprint density at radius 3 is 2.55 bits per heavy atom. The molecule has 1 aliphatic rings. The van der Waals surface area contributed by atoms with Crippen LogP contribution in [0.5, 0.6) is 0 Å². The highest BCUT2D eigenvalue weighted by molar-refractivity contribution is 5.86. The maximum absolute atomic E-state index is 13.3. The molecule has 1 aliphatic heterocycles. The number of hydrogen-bond donors (Lipinski definition) is 1. The lowest BCUT2D eigenvalue weighted by Gasteiger charge is -2.29. The van der Waals surface area contributed by atoms with Crippen LogP contribution in [0.15, 0.2) is 54.7 Å². The Balaban J connectivity index is 1.74. The third-order valence-corrected chi connectivity index (χ3v) is 5.70. The molecule has 0 saturated carbocycles. The zero-order valence-electron chi connectivity index (χ0n) is 16.0. The number of likely N-dealkylation sites (tertiary alicyclic amines) is 1. The average molecular weight is 400 g/mol. The van der Waals surface area contributed by atoms with Gasteiger partial charge in [0, 0.05) is 42.5 Å². The van der Waals surface area contributed by atoms with Crippen LogP contribution in [-0.2, 0) is 11.0 Å². The molecule has 1 atom stereocenters. The number of nitrogens with zero attached hydrogens (tertiary/aromatic N) is 1. The van der Waals surface area contributed by atoms with Gasteiger partial charge in [-0.25, -0.2) is 0 Å². The fraction of sp³-hybridized carbons (Fsp3) is 0.348. The van der Waals surface area contributed by atoms with Crippen LogP contribution in [0.1, 0.15) is 48.3 Å². The first-order chi connectivity index (χ1) is 13.9. The standard InChI is InChI=1S/C23H23F3N2O/c24-23(25,26)17-8-6-7-16(13-17)19(14-22(29)28-11-4-1-5-12-28)20-15-27-21-10-3-2-9-18(20)21/h2-3,6-10,13,15,19,27H,1,4-5,11-12,14H2. The van der Waals surface area contributed by atoms with E-state index in [1.54, 1.807) is 6.07 Å². The van der Waals surface area contributed by atoms with E-state index < -0.39 is 17.7 Å². The molecule has 1 unspecified atom stereocenters. The highest BCUT2D eigenvalue weighted by Gasteiger charge is 2.32. The van der Waals surface area contributed by atoms with Crippen molar-refractivity contribution in [2.24, 2.45) is 0 Å². The largest absolute Gasteiger partial charge is 0.416 e. The van der Waals surface area contributed by atoms with E-state index in [0.29, 0.717) is 5.56 Å². The fourth-order valence-electron chi connectivity index (χ4n) is 4.17. The maximum Gasteiger partial charge on any atom is 0.416 e. The zero-order chi connectivity index (χ0) is 20.4. The van der Waals surface area contributed by atoms with Crippen LogP contribution in [-0.4, -0.2) is 28.9 Å². The first-order valence-electron chi connectivity index (χ1n) is 9.94. The van der Waals surface area contributed by atoms with Crippen molar-refractivity contribution in [1.82, 2.24) is 9.88 Å². The molecule has 2 aromatic carbocycles. The molecule has 29 heavy (non-hydrogen) atoms. The second kappa shape index (κ2) is 7.93. The summed E-state index contributed by atoms with van der Waals surface area (Å²) in [5.41, 5.74) is 1.58. The Kier molecular flexibility index (Phi) is 5.35. The minimum absolute atomic E-state index is 0.00241. The molecule has 2 heterocycles. The first-order valence-corrected chi connectivity index (χ1v) is 9.94. The minimum atomic E-state index is -4.42. The summed E-state index contributed by atoms with van der Waals surface area (Å²) in [7, 11) is 0. The molecule has 0 bridgehead atoms. The summed E-state index contributed by atoms with van der Waals surface area (Å²) >= 11 is 0. The Hall–Kier alpha value is -2.76. The second-order valence-corrected chi connectivity index (χ2v) is 7.61. The van der Waals surface area contributed by atoms with Crippen LogP contribution in [0.25, 0.3) is 10.9 Å². The van der Waals surface area contributed by atoms with Crippen LogP contribution in [0.4, 0.5) is 13.2 Å². The molecule has 4 rings (SSSR count). The van der Waals surface area contributed by atoms with Crippen LogP contribution >= 0.6 is 0 Å². The Morgan fingerprint density at radius 1 is 1.03 bits per heavy atom. The zero-order valence-corrected chi connectivity index (χ0v) is 16.0. The molecule has 1 aromatic heterocycles. The van der Waals surface area contributed by atoms with Gasteiger partial charge >= 0.3 is 6.18 Å². The van der Waals surface area contributed by atoms with E-state index in [1.807, 2.05) is 35.4 Å². The summed E-state index contributed by atoms with van der Waals surface area (Å²) in [6, 6.07) is 13.0. The number of fused-ring (bicyclic) bond motifs is 1. The Labute approximate surface area is 167 Å². The predicted molar refractivity (Wildman–Crippen MR) is 107 cm³/mol. The molecule has 3 aromatic rings. The van der Waals surface area contributed by atoms with Crippen LogP contribution in [0.3, 0.4) is 0 Å². The number of halogens is 3. The highest BCUT2D eigenvalue weighted by atomic mass is 19.4. The van der Waals surface area contributed by atoms with Gasteiger partial charge in [-0.1, -0.05) is 36.4 Å². The van der Waals surface area contributed by atoms with Crippen molar-refractivity contribution >= 4 is 16.8 Å². The van der Waals surface area contributed by atoms with Gasteiger partial charge < -0.3 is 9.88 Å². The number of carbonyl (C=O) groups excluding carboxylic acids is 1. The van der Waals surface area contributed by atoms with E-state index in [-0.39, 0.29) is 12.3 Å². The summed E-state index contributed by atoms with van der Waals surface area (Å²) in [6.07, 6.45) is 0.628. The lowest BCUT2D eigenvalue weighted by atomic mass is 9.86. The number of carbonyl (C=O) groups is 1. The van der Waals surface area contributed by atoms with E-state index in [4.69, 9.17) is 0 Å². The molecule has 1 saturated heterocycles. The molecule has 3 nitrogen and oxygen atoms in total. The molecule has 1 fully saturated rings. The van der Waals surface area contributed by atoms with Crippen LogP contribution in [0, 0.1) is 0 Å². The minimum Gasteiger partial charge on any atom is -0.361 e. The van der Waals surface area contributed by atoms with E-state index in [1.165, 1.54) is 12.1 Å². The molecule has 1 N–H and O–H groups in total. The summed E-state index contributed by atoms with van der Waals surface area (Å²) in [5, 5.41) is 0.932. The van der Waals surface area contributed by atoms with Gasteiger partial charge in [0.25, 0.3) is 0 Å². The normalized spacial score (nSPS) is 16.2. The van der Waals surface area contributed by atoms with Crippen LogP contribution in [0.2, 0.25) is 0 Å². The third-order valence-electron chi connectivity index (χ3n) is 5.70. The predicted octanol–water partition coefficient (Wildman–Crippen LogP) is 5.72. The number of amides is 1. The summed E-state index contributed by atoms with van der Waals surface area (Å²) in [5.74, 6) is -0.444. The number of hydrogen-bond acceptors (Lipinski definition) is 1. The van der Waals surface area contributed by atoms with Gasteiger partial charge in [0.1, 0.15) is 0 Å². The number of benzene rings is 2. The van der Waals surface area contributed by atoms with E-state index in [0.717, 1.165) is 54.9 Å². The number of piperidine rings is 1. The van der Waals surface area contributed by atoms with Crippen molar-refractivity contribution < 1.29 is 18.0 Å². The Morgan fingerprint density at radius 2 is 1.79 bits per heavy atom. The van der Waals surface area contributed by atoms with Gasteiger partial charge in [-0.2, -0.15) is 13.2 Å². The monoisotopic (exact) mass is 400 g/mol. The van der Waals surface area contributed by atoms with Gasteiger partial charge in [-0.05, 0) is 42.5 Å². The lowest BCUT2D eigenvalue weighted by molar-refractivity contribution is -0.137. The summed E-state index contributed by atoms with van der Waals surface area (Å²) in [6.45, 7) is 1.45. The number of alkyl halides is 3. The topological polar surface area (TPSA) is 36.1 Å². The van der Waals surface area contributed by atoms with Gasteiger partial charge in [0.05, 0.1) is 5.56 Å². The lowest BCUT2D eigenvalue weighted by Crippen LogP contribution is -2.36. The van der Waals surface area contributed by atoms with Crippen molar-refractivity contribution in [2.45, 2.75) is 37.8 Å². The number of aromatic amines is 1. The number of H-pyrrole nitrogens is 1. The second-order valence-electron chi connectivity index (χ2n) is 7.61. The average Bonchev–Trinajstić information content (AvgIpc) is 3.16. The molecular weight excluding hydrogens is 377 g/mol. The number of aromatic nitrogens is 1. The molecule has 0 aliphatic carbocycles. The number of nitrogens with one attached hydrogen (secondary N) is 1. The Bertz CT molecular complexity index is 1000. The van der Waals surface area contributed by atoms with Crippen molar-refractivity contribution in [3.63, 3.8) is 0 Å². The van der Waals surface area contributed by atoms with Crippen molar-refractivity contribution in [3.8, 4) is 0 Å². The SMILES string of the molecule is O=C(CC(c1cccc(C(F)(F)F)c1)c1c[nH]c2ccccc12)N1CCCCC1. The van der Waals surface area contributed by atoms with E-state index in [9.17, 15) is 18.0 Å². The first kappa shape index (κ1) is 19.6. The van der Waals surface area contributed by atoms with Crippen molar-refractivity contribution in [2.75, 3.05) is 13.1 Å². The van der Waals surface area contributed by atoms with E-state index in [2.05, 4.69) is 4.98 Å². The third kappa shape index (κ3) is 4.16. The van der Waals surface area contributed by atoms with E-state index >= 15 is 0 Å². The number of para-hydroxylation sites is 1. The van der Waals surface area contributed by atoms with Gasteiger partial charge in [0.15, 0.2) is 0 Å². The maximum atomic E-state index is 13.3. The summed E-state index contributed by atoms with van der Waals surface area (Å²) < 4.78 is 39.9. The van der Waals surface area contributed by atoms with Crippen LogP contribution < -0.4 is 0 Å². The molecule has 6 heteroatoms. The fourth-order valence-corrected chi connectivity index (χ4v) is 4.17. The quantitative estimate of drug-likeness (QED) is 0.597. The molecule has 0 radical (unpaired) electrons. The van der Waals surface area contributed by atoms with Crippen molar-refractivity contribution in [3.05, 3.63) is 71.4 Å². The summed E-state index contributed by atoms with van der Waals surface area (Å²) in [4.78, 5) is 18.0. The smallest absolute Gasteiger partial charge is 0.361 e. The molecular formula is C23H23F3N2O. The van der Waals surface area contributed by atoms with Gasteiger partial charge in [0.2, 0.25) is 5.91 Å². The highest BCUT2D eigenvalue weighted by Crippen LogP contribution is 2.37. The van der Waals surface area contributed by atoms with Gasteiger partial charge in [-0.15, -0.1) is 0 Å². The molecule has 1 amide bonds. The molecule has 152 valence electrons. The van der Waals surface area contributed by atoms with Crippen molar-refractivity contribution in [1.29, 1.82) is 0 Å². The molecule has 0 spiro atoms. The van der Waals surface area contributed by atoms with Gasteiger partial charge in [-0.3, -0.25) is 4.79 Å². The number of rotatable bonds is 4.